The van der Waals surface area contributed by atoms with Gasteiger partial charge in [-0.05, 0) is 63.1 Å². The Morgan fingerprint density at radius 3 is 2.50 bits per heavy atom. The predicted octanol–water partition coefficient (Wildman–Crippen LogP) is 5.57. The molecule has 174 valence electrons. The molecule has 0 aliphatic carbocycles. The molecule has 2 aromatic rings. The zero-order valence-electron chi connectivity index (χ0n) is 19.1. The van der Waals surface area contributed by atoms with E-state index in [1.54, 1.807) is 31.1 Å². The van der Waals surface area contributed by atoms with Crippen molar-refractivity contribution in [1.82, 2.24) is 10.2 Å². The Bertz CT molecular complexity index is 947. The second kappa shape index (κ2) is 11.8. The molecule has 1 N–H and O–H groups in total. The average molecular weight is 497 g/mol. The molecule has 0 heterocycles. The molecule has 32 heavy (non-hydrogen) atoms. The van der Waals surface area contributed by atoms with E-state index in [4.69, 9.17) is 27.9 Å². The van der Waals surface area contributed by atoms with Gasteiger partial charge in [-0.15, -0.1) is 11.8 Å². The van der Waals surface area contributed by atoms with Gasteiger partial charge in [0.05, 0.1) is 12.9 Å². The first-order valence-corrected chi connectivity index (χ1v) is 12.2. The highest BCUT2D eigenvalue weighted by molar-refractivity contribution is 7.99. The van der Waals surface area contributed by atoms with E-state index in [1.807, 2.05) is 51.1 Å². The number of nitrogens with zero attached hydrogens (tertiary/aromatic N) is 1. The lowest BCUT2D eigenvalue weighted by Crippen LogP contribution is -2.52. The van der Waals surface area contributed by atoms with Crippen LogP contribution >= 0.6 is 35.0 Å². The highest BCUT2D eigenvalue weighted by Gasteiger charge is 2.28. The number of benzene rings is 2. The molecule has 0 spiro atoms. The van der Waals surface area contributed by atoms with Gasteiger partial charge in [-0.25, -0.2) is 0 Å². The molecular formula is C24H30Cl2N2O3S. The van der Waals surface area contributed by atoms with E-state index in [9.17, 15) is 9.59 Å². The highest BCUT2D eigenvalue weighted by atomic mass is 35.5. The highest BCUT2D eigenvalue weighted by Crippen LogP contribution is 2.25. The number of carbonyl (C=O) groups excluding carboxylic acids is 2. The van der Waals surface area contributed by atoms with E-state index < -0.39 is 11.6 Å². The molecule has 8 heteroatoms. The minimum atomic E-state index is -0.632. The van der Waals surface area contributed by atoms with Gasteiger partial charge in [0, 0.05) is 27.9 Å². The van der Waals surface area contributed by atoms with Crippen molar-refractivity contribution in [3.05, 3.63) is 63.6 Å². The number of hydrogen-bond acceptors (Lipinski definition) is 4. The standard InChI is InChI=1S/C24H30Cl2N2O3S/c1-16(23(30)27-24(2,3)4)28(13-17-7-6-8-20(11-17)31-5)22(29)15-32-14-18-9-10-19(25)12-21(18)26/h6-12,16H,13-15H2,1-5H3,(H,27,30)/t16-/m0/s1. The fraction of sp³-hybridized carbons (Fsp3) is 0.417. The van der Waals surface area contributed by atoms with Crippen LogP contribution in [0.2, 0.25) is 10.0 Å². The van der Waals surface area contributed by atoms with Crippen molar-refractivity contribution in [3.63, 3.8) is 0 Å². The summed E-state index contributed by atoms with van der Waals surface area (Å²) in [6.45, 7) is 7.80. The summed E-state index contributed by atoms with van der Waals surface area (Å²) < 4.78 is 5.30. The van der Waals surface area contributed by atoms with Crippen LogP contribution in [0, 0.1) is 0 Å². The molecule has 0 aliphatic heterocycles. The number of rotatable bonds is 9. The van der Waals surface area contributed by atoms with E-state index in [-0.39, 0.29) is 17.6 Å². The summed E-state index contributed by atoms with van der Waals surface area (Å²) in [5.41, 5.74) is 1.40. The molecule has 0 aromatic heterocycles. The summed E-state index contributed by atoms with van der Waals surface area (Å²) in [5, 5.41) is 4.11. The van der Waals surface area contributed by atoms with Crippen LogP contribution in [0.4, 0.5) is 0 Å². The Morgan fingerprint density at radius 1 is 1.16 bits per heavy atom. The fourth-order valence-corrected chi connectivity index (χ4v) is 4.46. The predicted molar refractivity (Wildman–Crippen MR) is 134 cm³/mol. The molecule has 0 aliphatic rings. The third-order valence-corrected chi connectivity index (χ3v) is 6.20. The van der Waals surface area contributed by atoms with Crippen LogP contribution in [-0.2, 0) is 21.9 Å². The van der Waals surface area contributed by atoms with Crippen LogP contribution in [0.15, 0.2) is 42.5 Å². The Labute approximate surface area is 204 Å². The lowest BCUT2D eigenvalue weighted by molar-refractivity contribution is -0.139. The fourth-order valence-electron chi connectivity index (χ4n) is 2.99. The first-order valence-electron chi connectivity index (χ1n) is 10.3. The Morgan fingerprint density at radius 2 is 1.88 bits per heavy atom. The molecular weight excluding hydrogens is 467 g/mol. The molecule has 2 rings (SSSR count). The van der Waals surface area contributed by atoms with Crippen molar-refractivity contribution in [2.45, 2.75) is 51.6 Å². The third kappa shape index (κ3) is 8.23. The van der Waals surface area contributed by atoms with E-state index >= 15 is 0 Å². The number of halogens is 2. The van der Waals surface area contributed by atoms with Gasteiger partial charge in [-0.3, -0.25) is 9.59 Å². The minimum absolute atomic E-state index is 0.125. The van der Waals surface area contributed by atoms with Crippen molar-refractivity contribution in [1.29, 1.82) is 0 Å². The Kier molecular flexibility index (Phi) is 9.74. The quantitative estimate of drug-likeness (QED) is 0.492. The zero-order chi connectivity index (χ0) is 23.9. The van der Waals surface area contributed by atoms with Gasteiger partial charge in [0.1, 0.15) is 11.8 Å². The molecule has 0 saturated carbocycles. The summed E-state index contributed by atoms with van der Waals surface area (Å²) in [7, 11) is 1.60. The van der Waals surface area contributed by atoms with Gasteiger partial charge in [0.2, 0.25) is 11.8 Å². The molecule has 0 radical (unpaired) electrons. The maximum atomic E-state index is 13.2. The van der Waals surface area contributed by atoms with Gasteiger partial charge in [-0.2, -0.15) is 0 Å². The number of nitrogens with one attached hydrogen (secondary N) is 1. The average Bonchev–Trinajstić information content (AvgIpc) is 2.72. The summed E-state index contributed by atoms with van der Waals surface area (Å²) in [4.78, 5) is 27.6. The van der Waals surface area contributed by atoms with Crippen LogP contribution in [0.3, 0.4) is 0 Å². The molecule has 1 atom stereocenters. The van der Waals surface area contributed by atoms with Crippen LogP contribution in [0.25, 0.3) is 0 Å². The van der Waals surface area contributed by atoms with Gasteiger partial charge in [0.15, 0.2) is 0 Å². The van der Waals surface area contributed by atoms with Gasteiger partial charge in [0.25, 0.3) is 0 Å². The molecule has 0 saturated heterocycles. The van der Waals surface area contributed by atoms with E-state index in [2.05, 4.69) is 5.32 Å². The molecule has 0 fully saturated rings. The molecule has 0 bridgehead atoms. The first kappa shape index (κ1) is 26.4. The summed E-state index contributed by atoms with van der Waals surface area (Å²) >= 11 is 13.6. The van der Waals surface area contributed by atoms with Crippen molar-refractivity contribution >= 4 is 46.8 Å². The maximum absolute atomic E-state index is 13.2. The van der Waals surface area contributed by atoms with Crippen molar-refractivity contribution < 1.29 is 14.3 Å². The monoisotopic (exact) mass is 496 g/mol. The SMILES string of the molecule is COc1cccc(CN(C(=O)CSCc2ccc(Cl)cc2Cl)[C@@H](C)C(=O)NC(C)(C)C)c1. The molecule has 2 aromatic carbocycles. The third-order valence-electron chi connectivity index (χ3n) is 4.65. The largest absolute Gasteiger partial charge is 0.497 e. The molecule has 5 nitrogen and oxygen atoms in total. The van der Waals surface area contributed by atoms with Crippen molar-refractivity contribution in [3.8, 4) is 5.75 Å². The topological polar surface area (TPSA) is 58.6 Å². The van der Waals surface area contributed by atoms with E-state index in [1.165, 1.54) is 11.8 Å². The normalized spacial score (nSPS) is 12.2. The molecule has 2 amide bonds. The van der Waals surface area contributed by atoms with E-state index in [0.717, 1.165) is 11.1 Å². The first-order chi connectivity index (χ1) is 15.0. The Hall–Kier alpha value is -1.89. The zero-order valence-corrected chi connectivity index (χ0v) is 21.4. The lowest BCUT2D eigenvalue weighted by atomic mass is 10.1. The maximum Gasteiger partial charge on any atom is 0.242 e. The number of amides is 2. The van der Waals surface area contributed by atoms with Crippen molar-refractivity contribution in [2.24, 2.45) is 0 Å². The smallest absolute Gasteiger partial charge is 0.242 e. The van der Waals surface area contributed by atoms with Gasteiger partial charge in [-0.1, -0.05) is 41.4 Å². The van der Waals surface area contributed by atoms with Crippen LogP contribution in [-0.4, -0.2) is 41.2 Å². The second-order valence-corrected chi connectivity index (χ2v) is 10.3. The van der Waals surface area contributed by atoms with Crippen LogP contribution in [0.5, 0.6) is 5.75 Å². The number of thioether (sulfide) groups is 1. The summed E-state index contributed by atoms with van der Waals surface area (Å²) in [6.07, 6.45) is 0. The Balaban J connectivity index is 2.14. The number of carbonyl (C=O) groups is 2. The van der Waals surface area contributed by atoms with Gasteiger partial charge >= 0.3 is 0 Å². The lowest BCUT2D eigenvalue weighted by Gasteiger charge is -2.31. The van der Waals surface area contributed by atoms with Crippen LogP contribution in [0.1, 0.15) is 38.8 Å². The number of hydrogen-bond donors (Lipinski definition) is 1. The molecule has 0 unspecified atom stereocenters. The number of ether oxygens (including phenoxy) is 1. The number of methoxy groups -OCH3 is 1. The second-order valence-electron chi connectivity index (χ2n) is 8.52. The van der Waals surface area contributed by atoms with Crippen molar-refractivity contribution in [2.75, 3.05) is 12.9 Å². The summed E-state index contributed by atoms with van der Waals surface area (Å²) in [6, 6.07) is 12.2. The van der Waals surface area contributed by atoms with Crippen LogP contribution < -0.4 is 10.1 Å². The van der Waals surface area contributed by atoms with E-state index in [0.29, 0.717) is 28.1 Å². The minimum Gasteiger partial charge on any atom is -0.497 e. The van der Waals surface area contributed by atoms with Gasteiger partial charge < -0.3 is 15.0 Å². The summed E-state index contributed by atoms with van der Waals surface area (Å²) in [5.74, 6) is 1.17.